The molecule has 0 aliphatic heterocycles. The lowest BCUT2D eigenvalue weighted by Gasteiger charge is -2.27. The average Bonchev–Trinajstić information content (AvgIpc) is 3.21. The summed E-state index contributed by atoms with van der Waals surface area (Å²) >= 11 is 0. The van der Waals surface area contributed by atoms with Gasteiger partial charge in [-0.05, 0) is 44.2 Å². The van der Waals surface area contributed by atoms with Crippen molar-refractivity contribution in [3.05, 3.63) is 83.0 Å². The molecule has 0 atom stereocenters. The summed E-state index contributed by atoms with van der Waals surface area (Å²) in [6.45, 7) is 3.49. The van der Waals surface area contributed by atoms with Crippen molar-refractivity contribution in [2.45, 2.75) is 32.6 Å². The summed E-state index contributed by atoms with van der Waals surface area (Å²) < 4.78 is 41.6. The summed E-state index contributed by atoms with van der Waals surface area (Å²) in [6.07, 6.45) is -2.07. The molecule has 4 rings (SSSR count). The lowest BCUT2D eigenvalue weighted by Crippen LogP contribution is -2.41. The number of alkyl halides is 3. The molecule has 4 aromatic rings. The van der Waals surface area contributed by atoms with Crippen LogP contribution >= 0.6 is 0 Å². The van der Waals surface area contributed by atoms with E-state index in [1.165, 1.54) is 33.9 Å². The number of halogens is 3. The summed E-state index contributed by atoms with van der Waals surface area (Å²) in [7, 11) is 0. The summed E-state index contributed by atoms with van der Waals surface area (Å²) in [5.74, 6) is -0.301. The number of hydrogen-bond acceptors (Lipinski definition) is 4. The lowest BCUT2D eigenvalue weighted by molar-refractivity contribution is -0.137. The number of carbonyl (C=O) groups excluding carboxylic acids is 1. The van der Waals surface area contributed by atoms with Gasteiger partial charge in [-0.2, -0.15) is 18.3 Å². The zero-order chi connectivity index (χ0) is 23.8. The number of benzene rings is 2. The Morgan fingerprint density at radius 1 is 1.09 bits per heavy atom. The maximum absolute atomic E-state index is 13.1. The Hall–Kier alpha value is -3.95. The molecule has 170 valence electrons. The van der Waals surface area contributed by atoms with Crippen LogP contribution in [0.1, 0.15) is 19.4 Å². The van der Waals surface area contributed by atoms with Crippen LogP contribution in [0.5, 0.6) is 0 Å². The van der Waals surface area contributed by atoms with Crippen molar-refractivity contribution in [2.24, 2.45) is 0 Å². The van der Waals surface area contributed by atoms with E-state index >= 15 is 0 Å². The minimum atomic E-state index is -4.51. The van der Waals surface area contributed by atoms with Gasteiger partial charge < -0.3 is 4.90 Å². The third kappa shape index (κ3) is 4.36. The summed E-state index contributed by atoms with van der Waals surface area (Å²) in [5, 5.41) is 4.15. The van der Waals surface area contributed by atoms with Gasteiger partial charge in [-0.1, -0.05) is 24.3 Å². The van der Waals surface area contributed by atoms with Crippen LogP contribution in [-0.2, 0) is 17.5 Å². The molecule has 0 spiro atoms. The second-order valence-electron chi connectivity index (χ2n) is 7.71. The molecule has 2 aromatic carbocycles. The normalized spacial score (nSPS) is 11.8. The van der Waals surface area contributed by atoms with E-state index < -0.39 is 17.3 Å². The van der Waals surface area contributed by atoms with Crippen molar-refractivity contribution >= 4 is 22.6 Å². The van der Waals surface area contributed by atoms with Crippen LogP contribution in [0.2, 0.25) is 0 Å². The van der Waals surface area contributed by atoms with Gasteiger partial charge in [0.1, 0.15) is 18.3 Å². The Morgan fingerprint density at radius 3 is 2.48 bits per heavy atom. The van der Waals surface area contributed by atoms with Gasteiger partial charge in [-0.25, -0.2) is 9.67 Å². The van der Waals surface area contributed by atoms with Crippen LogP contribution in [0.25, 0.3) is 16.7 Å². The van der Waals surface area contributed by atoms with Gasteiger partial charge in [0.05, 0.1) is 17.4 Å². The fourth-order valence-electron chi connectivity index (χ4n) is 3.60. The standard InChI is InChI=1S/C23H20F3N5O2/c1-15(2)30(17-8-4-3-5-9-17)20(32)13-29-14-27-21-19(22(29)33)12-28-31(21)18-10-6-7-16(11-18)23(24,25)26/h3-12,14-15H,13H2,1-2H3. The topological polar surface area (TPSA) is 73.0 Å². The van der Waals surface area contributed by atoms with E-state index in [9.17, 15) is 22.8 Å². The molecule has 0 aliphatic rings. The zero-order valence-corrected chi connectivity index (χ0v) is 17.8. The lowest BCUT2D eigenvalue weighted by atomic mass is 10.2. The maximum atomic E-state index is 13.1. The molecule has 2 aromatic heterocycles. The molecule has 33 heavy (non-hydrogen) atoms. The van der Waals surface area contributed by atoms with Gasteiger partial charge in [0.2, 0.25) is 5.91 Å². The monoisotopic (exact) mass is 455 g/mol. The molecule has 0 saturated carbocycles. The first-order chi connectivity index (χ1) is 15.7. The molecule has 0 N–H and O–H groups in total. The van der Waals surface area contributed by atoms with E-state index in [0.29, 0.717) is 5.69 Å². The van der Waals surface area contributed by atoms with Gasteiger partial charge in [0.25, 0.3) is 5.56 Å². The van der Waals surface area contributed by atoms with Crippen LogP contribution in [0.4, 0.5) is 18.9 Å². The molecule has 0 fully saturated rings. The highest BCUT2D eigenvalue weighted by atomic mass is 19.4. The maximum Gasteiger partial charge on any atom is 0.416 e. The van der Waals surface area contributed by atoms with Crippen molar-refractivity contribution in [1.29, 1.82) is 0 Å². The first-order valence-corrected chi connectivity index (χ1v) is 10.1. The molecule has 0 aliphatic carbocycles. The fourth-order valence-corrected chi connectivity index (χ4v) is 3.60. The summed E-state index contributed by atoms with van der Waals surface area (Å²) in [4.78, 5) is 31.8. The zero-order valence-electron chi connectivity index (χ0n) is 17.8. The van der Waals surface area contributed by atoms with E-state index in [-0.39, 0.29) is 35.2 Å². The quantitative estimate of drug-likeness (QED) is 0.455. The third-order valence-electron chi connectivity index (χ3n) is 5.10. The number of anilines is 1. The molecule has 7 nitrogen and oxygen atoms in total. The van der Waals surface area contributed by atoms with Crippen LogP contribution in [0.3, 0.4) is 0 Å². The number of rotatable bonds is 5. The van der Waals surface area contributed by atoms with Gasteiger partial charge >= 0.3 is 6.18 Å². The number of carbonyl (C=O) groups is 1. The number of aromatic nitrogens is 4. The number of fused-ring (bicyclic) bond motifs is 1. The summed E-state index contributed by atoms with van der Waals surface area (Å²) in [5.41, 5.74) is -0.417. The molecule has 0 unspecified atom stereocenters. The highest BCUT2D eigenvalue weighted by Gasteiger charge is 2.30. The van der Waals surface area contributed by atoms with E-state index in [1.54, 1.807) is 17.0 Å². The number of para-hydroxylation sites is 1. The van der Waals surface area contributed by atoms with Crippen LogP contribution in [0, 0.1) is 0 Å². The SMILES string of the molecule is CC(C)N(C(=O)Cn1cnc2c(cnn2-c2cccc(C(F)(F)F)c2)c1=O)c1ccccc1. The predicted molar refractivity (Wildman–Crippen MR) is 117 cm³/mol. The number of amides is 1. The minimum absolute atomic E-state index is 0.0959. The molecule has 1 amide bonds. The number of hydrogen-bond donors (Lipinski definition) is 0. The van der Waals surface area contributed by atoms with Crippen LogP contribution in [0.15, 0.2) is 71.9 Å². The predicted octanol–water partition coefficient (Wildman–Crippen LogP) is 4.04. The first kappa shape index (κ1) is 22.3. The third-order valence-corrected chi connectivity index (χ3v) is 5.10. The molecule has 0 saturated heterocycles. The molecule has 10 heteroatoms. The largest absolute Gasteiger partial charge is 0.416 e. The second kappa shape index (κ2) is 8.53. The number of nitrogens with zero attached hydrogens (tertiary/aromatic N) is 5. The van der Waals surface area contributed by atoms with Gasteiger partial charge in [0, 0.05) is 11.7 Å². The molecule has 0 bridgehead atoms. The van der Waals surface area contributed by atoms with Crippen molar-refractivity contribution in [2.75, 3.05) is 4.90 Å². The smallest absolute Gasteiger partial charge is 0.308 e. The van der Waals surface area contributed by atoms with Crippen molar-refractivity contribution in [3.63, 3.8) is 0 Å². The first-order valence-electron chi connectivity index (χ1n) is 10.1. The Bertz CT molecular complexity index is 1360. The van der Waals surface area contributed by atoms with Crippen molar-refractivity contribution in [1.82, 2.24) is 19.3 Å². The fraction of sp³-hybridized carbons (Fsp3) is 0.217. The van der Waals surface area contributed by atoms with E-state index in [0.717, 1.165) is 12.1 Å². The van der Waals surface area contributed by atoms with Gasteiger partial charge in [-0.15, -0.1) is 0 Å². The van der Waals surface area contributed by atoms with Crippen LogP contribution in [-0.4, -0.2) is 31.3 Å². The molecular formula is C23H20F3N5O2. The van der Waals surface area contributed by atoms with E-state index in [4.69, 9.17) is 0 Å². The summed E-state index contributed by atoms with van der Waals surface area (Å²) in [6, 6.07) is 13.5. The highest BCUT2D eigenvalue weighted by molar-refractivity contribution is 5.93. The average molecular weight is 455 g/mol. The van der Waals surface area contributed by atoms with Crippen molar-refractivity contribution < 1.29 is 18.0 Å². The Morgan fingerprint density at radius 2 is 1.82 bits per heavy atom. The van der Waals surface area contributed by atoms with Gasteiger partial charge in [0.15, 0.2) is 5.65 Å². The Kier molecular flexibility index (Phi) is 5.75. The minimum Gasteiger partial charge on any atom is -0.308 e. The van der Waals surface area contributed by atoms with E-state index in [2.05, 4.69) is 10.1 Å². The van der Waals surface area contributed by atoms with Crippen LogP contribution < -0.4 is 10.5 Å². The molecule has 2 heterocycles. The van der Waals surface area contributed by atoms with Gasteiger partial charge in [-0.3, -0.25) is 14.2 Å². The second-order valence-corrected chi connectivity index (χ2v) is 7.71. The van der Waals surface area contributed by atoms with Crippen molar-refractivity contribution in [3.8, 4) is 5.69 Å². The van der Waals surface area contributed by atoms with E-state index in [1.807, 2.05) is 32.0 Å². The Labute approximate surface area is 186 Å². The Balaban J connectivity index is 1.68. The molecule has 0 radical (unpaired) electrons. The highest BCUT2D eigenvalue weighted by Crippen LogP contribution is 2.30. The molecular weight excluding hydrogens is 435 g/mol.